The van der Waals surface area contributed by atoms with Crippen molar-refractivity contribution in [2.45, 2.75) is 24.7 Å². The fourth-order valence-corrected chi connectivity index (χ4v) is 4.36. The van der Waals surface area contributed by atoms with Crippen LogP contribution >= 0.6 is 0 Å². The highest BCUT2D eigenvalue weighted by Crippen LogP contribution is 2.25. The molecule has 0 radical (unpaired) electrons. The standard InChI is InChI=1S/C19H21FN2O3S/c1-15-4-10-18(11-5-15)26(24,25)22(17-8-6-16(20)7-9-17)14-19(23)21-12-2-3-13-21/h4-11H,2-3,12-14H2,1H3. The van der Waals surface area contributed by atoms with Gasteiger partial charge in [0.1, 0.15) is 12.4 Å². The van der Waals surface area contributed by atoms with Crippen LogP contribution in [0.5, 0.6) is 0 Å². The Bertz CT molecular complexity index is 874. The smallest absolute Gasteiger partial charge is 0.264 e. The highest BCUT2D eigenvalue weighted by Gasteiger charge is 2.29. The molecule has 138 valence electrons. The van der Waals surface area contributed by atoms with Crippen molar-refractivity contribution in [2.75, 3.05) is 23.9 Å². The first-order chi connectivity index (χ1) is 12.4. The van der Waals surface area contributed by atoms with Gasteiger partial charge >= 0.3 is 0 Å². The molecule has 0 aromatic heterocycles. The van der Waals surface area contributed by atoms with Gasteiger partial charge in [-0.2, -0.15) is 0 Å². The van der Waals surface area contributed by atoms with Crippen molar-refractivity contribution in [3.8, 4) is 0 Å². The number of benzene rings is 2. The van der Waals surface area contributed by atoms with E-state index in [0.717, 1.165) is 22.7 Å². The van der Waals surface area contributed by atoms with E-state index in [2.05, 4.69) is 0 Å². The van der Waals surface area contributed by atoms with E-state index in [1.54, 1.807) is 17.0 Å². The largest absolute Gasteiger partial charge is 0.341 e. The lowest BCUT2D eigenvalue weighted by Gasteiger charge is -2.26. The monoisotopic (exact) mass is 376 g/mol. The summed E-state index contributed by atoms with van der Waals surface area (Å²) in [4.78, 5) is 14.3. The summed E-state index contributed by atoms with van der Waals surface area (Å²) in [5, 5.41) is 0. The molecule has 7 heteroatoms. The Balaban J connectivity index is 1.97. The van der Waals surface area contributed by atoms with Crippen molar-refractivity contribution in [3.05, 3.63) is 59.9 Å². The normalized spacial score (nSPS) is 14.5. The molecule has 0 saturated carbocycles. The van der Waals surface area contributed by atoms with E-state index in [1.165, 1.54) is 36.4 Å². The molecule has 2 aromatic carbocycles. The van der Waals surface area contributed by atoms with Gasteiger partial charge in [0, 0.05) is 13.1 Å². The molecule has 5 nitrogen and oxygen atoms in total. The maximum Gasteiger partial charge on any atom is 0.264 e. The first kappa shape index (κ1) is 18.4. The van der Waals surface area contributed by atoms with Crippen LogP contribution in [0.15, 0.2) is 53.4 Å². The van der Waals surface area contributed by atoms with Gasteiger partial charge < -0.3 is 4.90 Å². The highest BCUT2D eigenvalue weighted by molar-refractivity contribution is 7.92. The third kappa shape index (κ3) is 3.88. The van der Waals surface area contributed by atoms with Gasteiger partial charge in [-0.3, -0.25) is 9.10 Å². The van der Waals surface area contributed by atoms with E-state index < -0.39 is 15.8 Å². The number of halogens is 1. The molecule has 0 atom stereocenters. The summed E-state index contributed by atoms with van der Waals surface area (Å²) in [7, 11) is -3.94. The van der Waals surface area contributed by atoms with Crippen molar-refractivity contribution in [3.63, 3.8) is 0 Å². The molecule has 1 amide bonds. The van der Waals surface area contributed by atoms with E-state index in [0.29, 0.717) is 13.1 Å². The van der Waals surface area contributed by atoms with Gasteiger partial charge in [-0.25, -0.2) is 12.8 Å². The number of nitrogens with zero attached hydrogens (tertiary/aromatic N) is 2. The van der Waals surface area contributed by atoms with Gasteiger partial charge in [0.15, 0.2) is 0 Å². The third-order valence-corrected chi connectivity index (χ3v) is 6.25. The predicted molar refractivity (Wildman–Crippen MR) is 97.9 cm³/mol. The SMILES string of the molecule is Cc1ccc(S(=O)(=O)N(CC(=O)N2CCCC2)c2ccc(F)cc2)cc1. The highest BCUT2D eigenvalue weighted by atomic mass is 32.2. The van der Waals surface area contributed by atoms with Crippen LogP contribution in [0.2, 0.25) is 0 Å². The van der Waals surface area contributed by atoms with E-state index in [1.807, 2.05) is 6.92 Å². The summed E-state index contributed by atoms with van der Waals surface area (Å²) < 4.78 is 40.6. The zero-order valence-electron chi connectivity index (χ0n) is 14.6. The average Bonchev–Trinajstić information content (AvgIpc) is 3.15. The zero-order valence-corrected chi connectivity index (χ0v) is 15.4. The number of hydrogen-bond acceptors (Lipinski definition) is 3. The minimum absolute atomic E-state index is 0.0987. The fourth-order valence-electron chi connectivity index (χ4n) is 2.95. The summed E-state index contributed by atoms with van der Waals surface area (Å²) in [6.07, 6.45) is 1.85. The molecule has 0 spiro atoms. The maximum absolute atomic E-state index is 13.3. The van der Waals surface area contributed by atoms with Gasteiger partial charge in [-0.05, 0) is 56.2 Å². The van der Waals surface area contributed by atoms with Gasteiger partial charge in [-0.1, -0.05) is 17.7 Å². The zero-order chi connectivity index (χ0) is 18.7. The second-order valence-electron chi connectivity index (χ2n) is 6.39. The van der Waals surface area contributed by atoms with Gasteiger partial charge in [0.25, 0.3) is 10.0 Å². The Kier molecular flexibility index (Phi) is 5.27. The van der Waals surface area contributed by atoms with Crippen LogP contribution in [0.4, 0.5) is 10.1 Å². The minimum Gasteiger partial charge on any atom is -0.341 e. The first-order valence-electron chi connectivity index (χ1n) is 8.51. The second kappa shape index (κ2) is 7.45. The number of carbonyl (C=O) groups is 1. The third-order valence-electron chi connectivity index (χ3n) is 4.46. The summed E-state index contributed by atoms with van der Waals surface area (Å²) >= 11 is 0. The molecule has 1 heterocycles. The Labute approximate surface area is 153 Å². The summed E-state index contributed by atoms with van der Waals surface area (Å²) in [5.74, 6) is -0.713. The fraction of sp³-hybridized carbons (Fsp3) is 0.316. The number of sulfonamides is 1. The quantitative estimate of drug-likeness (QED) is 0.806. The number of carbonyl (C=O) groups excluding carboxylic acids is 1. The summed E-state index contributed by atoms with van der Waals surface area (Å²) in [6.45, 7) is 2.84. The van der Waals surface area contributed by atoms with Crippen LogP contribution in [-0.2, 0) is 14.8 Å². The molecule has 3 rings (SSSR count). The number of amides is 1. The van der Waals surface area contributed by atoms with Crippen molar-refractivity contribution >= 4 is 21.6 Å². The van der Waals surface area contributed by atoms with Crippen LogP contribution in [0.25, 0.3) is 0 Å². The van der Waals surface area contributed by atoms with Crippen LogP contribution in [0.1, 0.15) is 18.4 Å². The first-order valence-corrected chi connectivity index (χ1v) is 9.95. The van der Waals surface area contributed by atoms with Crippen LogP contribution in [0, 0.1) is 12.7 Å². The van der Waals surface area contributed by atoms with Crippen LogP contribution in [-0.4, -0.2) is 38.9 Å². The van der Waals surface area contributed by atoms with Crippen molar-refractivity contribution in [2.24, 2.45) is 0 Å². The topological polar surface area (TPSA) is 57.7 Å². The summed E-state index contributed by atoms with van der Waals surface area (Å²) in [5.41, 5.74) is 1.20. The predicted octanol–water partition coefficient (Wildman–Crippen LogP) is 2.95. The average molecular weight is 376 g/mol. The van der Waals surface area contributed by atoms with E-state index in [-0.39, 0.29) is 23.0 Å². The number of aryl methyl sites for hydroxylation is 1. The minimum atomic E-state index is -3.94. The molecule has 0 unspecified atom stereocenters. The van der Waals surface area contributed by atoms with Crippen molar-refractivity contribution in [1.82, 2.24) is 4.90 Å². The molecule has 0 N–H and O–H groups in total. The molecule has 2 aromatic rings. The lowest BCUT2D eigenvalue weighted by Crippen LogP contribution is -2.42. The Morgan fingerprint density at radius 3 is 2.19 bits per heavy atom. The van der Waals surface area contributed by atoms with E-state index in [9.17, 15) is 17.6 Å². The molecular weight excluding hydrogens is 355 g/mol. The van der Waals surface area contributed by atoms with E-state index >= 15 is 0 Å². The van der Waals surface area contributed by atoms with E-state index in [4.69, 9.17) is 0 Å². The molecule has 1 aliphatic rings. The van der Waals surface area contributed by atoms with Crippen molar-refractivity contribution < 1.29 is 17.6 Å². The molecule has 0 aliphatic carbocycles. The number of anilines is 1. The molecule has 26 heavy (non-hydrogen) atoms. The lowest BCUT2D eigenvalue weighted by molar-refractivity contribution is -0.128. The Morgan fingerprint density at radius 1 is 1.04 bits per heavy atom. The Hall–Kier alpha value is -2.41. The molecule has 1 fully saturated rings. The lowest BCUT2D eigenvalue weighted by atomic mass is 10.2. The van der Waals surface area contributed by atoms with Crippen molar-refractivity contribution in [1.29, 1.82) is 0 Å². The van der Waals surface area contributed by atoms with Gasteiger partial charge in [0.2, 0.25) is 5.91 Å². The second-order valence-corrected chi connectivity index (χ2v) is 8.25. The summed E-state index contributed by atoms with van der Waals surface area (Å²) in [6, 6.07) is 11.6. The molecule has 0 bridgehead atoms. The number of likely N-dealkylation sites (tertiary alicyclic amines) is 1. The molecular formula is C19H21FN2O3S. The van der Waals surface area contributed by atoms with Gasteiger partial charge in [0.05, 0.1) is 10.6 Å². The maximum atomic E-state index is 13.3. The number of hydrogen-bond donors (Lipinski definition) is 0. The van der Waals surface area contributed by atoms with Crippen LogP contribution < -0.4 is 4.31 Å². The van der Waals surface area contributed by atoms with Gasteiger partial charge in [-0.15, -0.1) is 0 Å². The number of rotatable bonds is 5. The molecule has 1 aliphatic heterocycles. The van der Waals surface area contributed by atoms with Crippen LogP contribution in [0.3, 0.4) is 0 Å². The molecule has 1 saturated heterocycles. The Morgan fingerprint density at radius 2 is 1.62 bits per heavy atom.